The molecule has 5 aliphatic rings. The van der Waals surface area contributed by atoms with Gasteiger partial charge in [-0.3, -0.25) is 0 Å². The Morgan fingerprint density at radius 3 is 2.17 bits per heavy atom. The van der Waals surface area contributed by atoms with Crippen molar-refractivity contribution in [3.63, 3.8) is 0 Å². The highest BCUT2D eigenvalue weighted by Gasteiger charge is 2.47. The standard InChI is InChI=1S/C23H39/c1-2-4-16-23(17-15-20(18-23)8-3-1)22-14-7-11-19-9-5-12-21(22)13-6-10-19/h19-20,22H,1-18H2. The van der Waals surface area contributed by atoms with Crippen LogP contribution in [0.25, 0.3) is 0 Å². The fraction of sp³-hybridized carbons (Fsp3) is 0.957. The summed E-state index contributed by atoms with van der Waals surface area (Å²) >= 11 is 0. The molecule has 5 saturated carbocycles. The molecule has 0 aliphatic heterocycles. The molecule has 0 nitrogen and oxygen atoms in total. The molecule has 0 heterocycles. The van der Waals surface area contributed by atoms with Gasteiger partial charge in [0.25, 0.3) is 0 Å². The van der Waals surface area contributed by atoms with Gasteiger partial charge < -0.3 is 0 Å². The first-order valence-electron chi connectivity index (χ1n) is 11.2. The van der Waals surface area contributed by atoms with E-state index in [9.17, 15) is 0 Å². The second kappa shape index (κ2) is 7.49. The van der Waals surface area contributed by atoms with Gasteiger partial charge in [0, 0.05) is 0 Å². The Bertz CT molecular complexity index is 362. The van der Waals surface area contributed by atoms with Gasteiger partial charge in [-0.1, -0.05) is 70.6 Å². The molecule has 0 aromatic carbocycles. The van der Waals surface area contributed by atoms with Gasteiger partial charge in [-0.15, -0.1) is 0 Å². The predicted molar refractivity (Wildman–Crippen MR) is 99.3 cm³/mol. The molecule has 23 heavy (non-hydrogen) atoms. The molecule has 0 aromatic heterocycles. The van der Waals surface area contributed by atoms with Crippen LogP contribution < -0.4 is 0 Å². The minimum absolute atomic E-state index is 0.758. The Kier molecular flexibility index (Phi) is 5.36. The van der Waals surface area contributed by atoms with E-state index in [2.05, 4.69) is 5.92 Å². The van der Waals surface area contributed by atoms with Crippen LogP contribution in [0.1, 0.15) is 116 Å². The molecular weight excluding hydrogens is 276 g/mol. The van der Waals surface area contributed by atoms with Gasteiger partial charge in [0.2, 0.25) is 0 Å². The van der Waals surface area contributed by atoms with Crippen molar-refractivity contribution in [2.45, 2.75) is 116 Å². The molecule has 0 N–H and O–H groups in total. The Labute approximate surface area is 145 Å². The number of rotatable bonds is 1. The molecule has 4 bridgehead atoms. The topological polar surface area (TPSA) is 0 Å². The van der Waals surface area contributed by atoms with Crippen molar-refractivity contribution >= 4 is 0 Å². The molecule has 0 spiro atoms. The van der Waals surface area contributed by atoms with Gasteiger partial charge in [0.05, 0.1) is 0 Å². The van der Waals surface area contributed by atoms with Crippen molar-refractivity contribution in [3.8, 4) is 0 Å². The Morgan fingerprint density at radius 2 is 1.30 bits per heavy atom. The van der Waals surface area contributed by atoms with Crippen LogP contribution in [0.4, 0.5) is 0 Å². The normalized spacial score (nSPS) is 43.6. The summed E-state index contributed by atoms with van der Waals surface area (Å²) in [4.78, 5) is 0. The van der Waals surface area contributed by atoms with Gasteiger partial charge >= 0.3 is 0 Å². The smallest absolute Gasteiger partial charge is 0.0205 e. The number of hydrogen-bond donors (Lipinski definition) is 0. The fourth-order valence-electron chi connectivity index (χ4n) is 7.19. The Hall–Kier alpha value is 0. The van der Waals surface area contributed by atoms with Crippen molar-refractivity contribution in [2.24, 2.45) is 23.2 Å². The zero-order valence-electron chi connectivity index (χ0n) is 15.5. The summed E-state index contributed by atoms with van der Waals surface area (Å²) in [5.74, 6) is 5.28. The lowest BCUT2D eigenvalue weighted by Crippen LogP contribution is -2.33. The highest BCUT2D eigenvalue weighted by atomic mass is 14.5. The third kappa shape index (κ3) is 3.67. The summed E-state index contributed by atoms with van der Waals surface area (Å²) in [7, 11) is 0. The third-order valence-electron chi connectivity index (χ3n) is 8.34. The molecule has 3 unspecified atom stereocenters. The molecule has 131 valence electrons. The summed E-state index contributed by atoms with van der Waals surface area (Å²) in [6, 6.07) is 0. The summed E-state index contributed by atoms with van der Waals surface area (Å²) in [6.45, 7) is 0. The summed E-state index contributed by atoms with van der Waals surface area (Å²) in [6.07, 6.45) is 27.9. The van der Waals surface area contributed by atoms with E-state index >= 15 is 0 Å². The molecule has 0 saturated heterocycles. The van der Waals surface area contributed by atoms with Crippen LogP contribution in [0.3, 0.4) is 0 Å². The van der Waals surface area contributed by atoms with E-state index in [1.54, 1.807) is 70.6 Å². The molecule has 3 atom stereocenters. The SMILES string of the molecule is C1CCCC2(C3CCCC4CCC[C]3CCC4)CCC(CC1)C2. The zero-order valence-corrected chi connectivity index (χ0v) is 15.5. The van der Waals surface area contributed by atoms with Crippen LogP contribution in [0.15, 0.2) is 0 Å². The third-order valence-corrected chi connectivity index (χ3v) is 8.34. The van der Waals surface area contributed by atoms with E-state index in [1.807, 2.05) is 0 Å². The van der Waals surface area contributed by atoms with Crippen molar-refractivity contribution in [1.82, 2.24) is 0 Å². The number of fused-ring (bicyclic) bond motifs is 10. The average molecular weight is 316 g/mol. The fourth-order valence-corrected chi connectivity index (χ4v) is 7.19. The predicted octanol–water partition coefficient (Wildman–Crippen LogP) is 7.47. The van der Waals surface area contributed by atoms with Crippen molar-refractivity contribution in [2.75, 3.05) is 0 Å². The van der Waals surface area contributed by atoms with Gasteiger partial charge in [-0.25, -0.2) is 0 Å². The highest BCUT2D eigenvalue weighted by molar-refractivity contribution is 5.08. The maximum absolute atomic E-state index is 2.06. The van der Waals surface area contributed by atoms with Crippen molar-refractivity contribution in [1.29, 1.82) is 0 Å². The van der Waals surface area contributed by atoms with Crippen LogP contribution >= 0.6 is 0 Å². The van der Waals surface area contributed by atoms with Crippen LogP contribution in [-0.4, -0.2) is 0 Å². The lowest BCUT2D eigenvalue weighted by Gasteiger charge is -2.43. The first-order chi connectivity index (χ1) is 11.4. The van der Waals surface area contributed by atoms with Gasteiger partial charge in [0.1, 0.15) is 0 Å². The van der Waals surface area contributed by atoms with E-state index in [1.165, 1.54) is 44.9 Å². The van der Waals surface area contributed by atoms with Crippen LogP contribution in [-0.2, 0) is 0 Å². The first-order valence-corrected chi connectivity index (χ1v) is 11.2. The highest BCUT2D eigenvalue weighted by Crippen LogP contribution is 2.58. The Balaban J connectivity index is 1.57. The molecule has 5 aliphatic carbocycles. The molecular formula is C23H39. The Morgan fingerprint density at radius 1 is 0.565 bits per heavy atom. The minimum atomic E-state index is 0.758. The van der Waals surface area contributed by atoms with Crippen LogP contribution in [0.2, 0.25) is 0 Å². The minimum Gasteiger partial charge on any atom is -0.0533 e. The molecule has 0 amide bonds. The lowest BCUT2D eigenvalue weighted by atomic mass is 9.62. The maximum Gasteiger partial charge on any atom is -0.0205 e. The van der Waals surface area contributed by atoms with Gasteiger partial charge in [-0.05, 0) is 74.0 Å². The molecule has 0 heteroatoms. The van der Waals surface area contributed by atoms with E-state index in [4.69, 9.17) is 0 Å². The molecule has 5 fully saturated rings. The lowest BCUT2D eigenvalue weighted by molar-refractivity contribution is 0.130. The molecule has 0 aromatic rings. The second-order valence-corrected chi connectivity index (χ2v) is 9.72. The van der Waals surface area contributed by atoms with Crippen molar-refractivity contribution in [3.05, 3.63) is 5.92 Å². The maximum atomic E-state index is 2.06. The van der Waals surface area contributed by atoms with Crippen LogP contribution in [0.5, 0.6) is 0 Å². The van der Waals surface area contributed by atoms with Gasteiger partial charge in [0.15, 0.2) is 0 Å². The average Bonchev–Trinajstić information content (AvgIpc) is 3.03. The van der Waals surface area contributed by atoms with E-state index in [-0.39, 0.29) is 0 Å². The molecule has 1 radical (unpaired) electrons. The first kappa shape index (κ1) is 16.5. The monoisotopic (exact) mass is 315 g/mol. The van der Waals surface area contributed by atoms with E-state index in [0.717, 1.165) is 23.2 Å². The second-order valence-electron chi connectivity index (χ2n) is 9.72. The molecule has 5 rings (SSSR count). The summed E-state index contributed by atoms with van der Waals surface area (Å²) in [5, 5.41) is 0. The van der Waals surface area contributed by atoms with Crippen LogP contribution in [0, 0.1) is 29.1 Å². The summed E-state index contributed by atoms with van der Waals surface area (Å²) < 4.78 is 0. The number of hydrogen-bond acceptors (Lipinski definition) is 0. The largest absolute Gasteiger partial charge is 0.0533 e. The van der Waals surface area contributed by atoms with Gasteiger partial charge in [-0.2, -0.15) is 0 Å². The van der Waals surface area contributed by atoms with E-state index < -0.39 is 0 Å². The quantitative estimate of drug-likeness (QED) is 0.470. The summed E-state index contributed by atoms with van der Waals surface area (Å²) in [5.41, 5.74) is 0.758. The van der Waals surface area contributed by atoms with E-state index in [0.29, 0.717) is 0 Å². The zero-order chi connectivity index (χ0) is 15.5. The van der Waals surface area contributed by atoms with Crippen molar-refractivity contribution < 1.29 is 0 Å².